The Kier molecular flexibility index (Phi) is 7.64. The van der Waals surface area contributed by atoms with Gasteiger partial charge in [0.1, 0.15) is 23.9 Å². The molecule has 0 aliphatic heterocycles. The quantitative estimate of drug-likeness (QED) is 0.596. The fourth-order valence-electron chi connectivity index (χ4n) is 4.12. The lowest BCUT2D eigenvalue weighted by molar-refractivity contribution is -0.141. The molecule has 1 unspecified atom stereocenters. The zero-order valence-corrected chi connectivity index (χ0v) is 19.2. The lowest BCUT2D eigenvalue weighted by Crippen LogP contribution is -2.50. The van der Waals surface area contributed by atoms with Gasteiger partial charge in [0.05, 0.1) is 0 Å². The summed E-state index contributed by atoms with van der Waals surface area (Å²) in [6.45, 7) is 4.98. The number of aromatic hydroxyl groups is 1. The summed E-state index contributed by atoms with van der Waals surface area (Å²) < 4.78 is 5.22. The molecular weight excluding hydrogens is 410 g/mol. The van der Waals surface area contributed by atoms with Crippen molar-refractivity contribution in [2.75, 3.05) is 6.54 Å². The average Bonchev–Trinajstić information content (AvgIpc) is 3.54. The van der Waals surface area contributed by atoms with Crippen LogP contribution in [0.1, 0.15) is 77.3 Å². The third-order valence-electron chi connectivity index (χ3n) is 5.68. The number of amides is 3. The van der Waals surface area contributed by atoms with Gasteiger partial charge < -0.3 is 25.4 Å². The summed E-state index contributed by atoms with van der Waals surface area (Å²) >= 11 is 0. The molecule has 0 bridgehead atoms. The molecule has 3 N–H and O–H groups in total. The Morgan fingerprint density at radius 1 is 1.12 bits per heavy atom. The Bertz CT molecular complexity index is 825. The minimum absolute atomic E-state index is 0.0352. The Hall–Kier alpha value is -2.77. The molecule has 2 fully saturated rings. The highest BCUT2D eigenvalue weighted by Gasteiger charge is 2.42. The van der Waals surface area contributed by atoms with E-state index in [2.05, 4.69) is 10.6 Å². The predicted octanol–water partition coefficient (Wildman–Crippen LogP) is 3.40. The third-order valence-corrected chi connectivity index (χ3v) is 5.68. The summed E-state index contributed by atoms with van der Waals surface area (Å²) in [7, 11) is 0. The van der Waals surface area contributed by atoms with Crippen molar-refractivity contribution in [1.29, 1.82) is 0 Å². The number of ether oxygens (including phenoxy) is 1. The number of nitrogens with one attached hydrogen (secondary N) is 2. The SMILES string of the molecule is CC(C)(C)OC(=O)NCC(=O)N(C1CC1)C(C(=O)NC1CCCCC1)c1cccc(O)c1. The predicted molar refractivity (Wildman–Crippen MR) is 120 cm³/mol. The van der Waals surface area contributed by atoms with Crippen molar-refractivity contribution in [3.05, 3.63) is 29.8 Å². The van der Waals surface area contributed by atoms with Gasteiger partial charge in [0.15, 0.2) is 0 Å². The van der Waals surface area contributed by atoms with E-state index in [9.17, 15) is 19.5 Å². The van der Waals surface area contributed by atoms with Crippen LogP contribution >= 0.6 is 0 Å². The highest BCUT2D eigenvalue weighted by Crippen LogP contribution is 2.36. The van der Waals surface area contributed by atoms with Gasteiger partial charge in [0.2, 0.25) is 11.8 Å². The van der Waals surface area contributed by atoms with E-state index in [0.717, 1.165) is 38.5 Å². The highest BCUT2D eigenvalue weighted by molar-refractivity contribution is 5.91. The van der Waals surface area contributed by atoms with Gasteiger partial charge in [-0.15, -0.1) is 0 Å². The van der Waals surface area contributed by atoms with Crippen LogP contribution in [0.2, 0.25) is 0 Å². The zero-order chi connectivity index (χ0) is 23.3. The summed E-state index contributed by atoms with van der Waals surface area (Å²) in [5, 5.41) is 15.6. The molecule has 1 aromatic rings. The molecule has 0 spiro atoms. The van der Waals surface area contributed by atoms with Crippen LogP contribution in [0.15, 0.2) is 24.3 Å². The normalized spacial score (nSPS) is 17.8. The largest absolute Gasteiger partial charge is 0.508 e. The second kappa shape index (κ2) is 10.2. The first-order chi connectivity index (χ1) is 15.1. The number of hydrogen-bond acceptors (Lipinski definition) is 5. The van der Waals surface area contributed by atoms with Crippen molar-refractivity contribution >= 4 is 17.9 Å². The van der Waals surface area contributed by atoms with Crippen LogP contribution in [-0.2, 0) is 14.3 Å². The van der Waals surface area contributed by atoms with E-state index in [1.807, 2.05) is 0 Å². The molecule has 8 nitrogen and oxygen atoms in total. The standard InChI is InChI=1S/C24H35N3O5/c1-24(2,3)32-23(31)25-15-20(29)27(18-12-13-18)21(16-8-7-11-19(28)14-16)22(30)26-17-9-5-4-6-10-17/h7-8,11,14,17-18,21,28H,4-6,9-10,12-13,15H2,1-3H3,(H,25,31)(H,26,30). The molecule has 32 heavy (non-hydrogen) atoms. The second-order valence-electron chi connectivity index (χ2n) is 9.73. The Labute approximate surface area is 189 Å². The van der Waals surface area contributed by atoms with Crippen molar-refractivity contribution in [1.82, 2.24) is 15.5 Å². The first-order valence-electron chi connectivity index (χ1n) is 11.5. The van der Waals surface area contributed by atoms with Gasteiger partial charge in [0.25, 0.3) is 0 Å². The number of hydrogen-bond donors (Lipinski definition) is 3. The average molecular weight is 446 g/mol. The molecule has 2 aliphatic carbocycles. The summed E-state index contributed by atoms with van der Waals surface area (Å²) in [5.74, 6) is -0.571. The number of nitrogens with zero attached hydrogens (tertiary/aromatic N) is 1. The molecule has 176 valence electrons. The first kappa shape index (κ1) is 23.9. The molecule has 0 aromatic heterocycles. The number of rotatable bonds is 7. The van der Waals surface area contributed by atoms with Crippen molar-refractivity contribution in [2.45, 2.75) is 89.4 Å². The summed E-state index contributed by atoms with van der Waals surface area (Å²) in [4.78, 5) is 40.2. The Morgan fingerprint density at radius 3 is 2.41 bits per heavy atom. The summed E-state index contributed by atoms with van der Waals surface area (Å²) in [6.07, 6.45) is 6.09. The smallest absolute Gasteiger partial charge is 0.408 e. The molecule has 3 rings (SSSR count). The van der Waals surface area contributed by atoms with Gasteiger partial charge in [0, 0.05) is 12.1 Å². The van der Waals surface area contributed by atoms with Crippen LogP contribution in [0.5, 0.6) is 5.75 Å². The maximum Gasteiger partial charge on any atom is 0.408 e. The maximum atomic E-state index is 13.4. The molecule has 2 aliphatic rings. The van der Waals surface area contributed by atoms with E-state index in [0.29, 0.717) is 5.56 Å². The number of phenols is 1. The van der Waals surface area contributed by atoms with Crippen LogP contribution in [0.4, 0.5) is 4.79 Å². The van der Waals surface area contributed by atoms with Crippen LogP contribution in [0.3, 0.4) is 0 Å². The summed E-state index contributed by atoms with van der Waals surface area (Å²) in [6, 6.07) is 5.61. The van der Waals surface area contributed by atoms with Crippen molar-refractivity contribution in [3.63, 3.8) is 0 Å². The second-order valence-corrected chi connectivity index (χ2v) is 9.73. The minimum atomic E-state index is -0.871. The highest BCUT2D eigenvalue weighted by atomic mass is 16.6. The molecular formula is C24H35N3O5. The fourth-order valence-corrected chi connectivity index (χ4v) is 4.12. The van der Waals surface area contributed by atoms with Gasteiger partial charge in [-0.2, -0.15) is 0 Å². The molecule has 0 radical (unpaired) electrons. The van der Waals surface area contributed by atoms with Crippen LogP contribution in [0.25, 0.3) is 0 Å². The molecule has 0 saturated heterocycles. The molecule has 2 saturated carbocycles. The molecule has 0 heterocycles. The third kappa shape index (κ3) is 6.87. The van der Waals surface area contributed by atoms with E-state index in [4.69, 9.17) is 4.74 Å². The Balaban J connectivity index is 1.79. The van der Waals surface area contributed by atoms with Gasteiger partial charge in [-0.3, -0.25) is 9.59 Å². The number of carbonyl (C=O) groups excluding carboxylic acids is 3. The van der Waals surface area contributed by atoms with Crippen molar-refractivity contribution < 1.29 is 24.2 Å². The minimum Gasteiger partial charge on any atom is -0.508 e. The molecule has 1 aromatic carbocycles. The number of benzene rings is 1. The van der Waals surface area contributed by atoms with Gasteiger partial charge in [-0.25, -0.2) is 4.79 Å². The molecule has 3 amide bonds. The van der Waals surface area contributed by atoms with Crippen LogP contribution < -0.4 is 10.6 Å². The topological polar surface area (TPSA) is 108 Å². The van der Waals surface area contributed by atoms with Crippen molar-refractivity contribution in [2.24, 2.45) is 0 Å². The lowest BCUT2D eigenvalue weighted by Gasteiger charge is -2.33. The number of carbonyl (C=O) groups is 3. The van der Waals surface area contributed by atoms with Gasteiger partial charge >= 0.3 is 6.09 Å². The zero-order valence-electron chi connectivity index (χ0n) is 19.2. The fraction of sp³-hybridized carbons (Fsp3) is 0.625. The monoisotopic (exact) mass is 445 g/mol. The number of phenolic OH excluding ortho intramolecular Hbond substituents is 1. The molecule has 1 atom stereocenters. The van der Waals surface area contributed by atoms with Crippen LogP contribution in [-0.4, -0.2) is 52.1 Å². The van der Waals surface area contributed by atoms with E-state index in [1.54, 1.807) is 37.8 Å². The van der Waals surface area contributed by atoms with Gasteiger partial charge in [-0.1, -0.05) is 31.4 Å². The maximum absolute atomic E-state index is 13.4. The molecule has 8 heteroatoms. The lowest BCUT2D eigenvalue weighted by atomic mass is 9.94. The number of alkyl carbamates (subject to hydrolysis) is 1. The van der Waals surface area contributed by atoms with E-state index < -0.39 is 17.7 Å². The van der Waals surface area contributed by atoms with Crippen LogP contribution in [0, 0.1) is 0 Å². The van der Waals surface area contributed by atoms with E-state index in [-0.39, 0.29) is 36.2 Å². The van der Waals surface area contributed by atoms with E-state index >= 15 is 0 Å². The van der Waals surface area contributed by atoms with E-state index in [1.165, 1.54) is 18.6 Å². The Morgan fingerprint density at radius 2 is 1.81 bits per heavy atom. The van der Waals surface area contributed by atoms with Gasteiger partial charge in [-0.05, 0) is 64.2 Å². The first-order valence-corrected chi connectivity index (χ1v) is 11.5. The summed E-state index contributed by atoms with van der Waals surface area (Å²) in [5.41, 5.74) is -0.122. The van der Waals surface area contributed by atoms with Crippen molar-refractivity contribution in [3.8, 4) is 5.75 Å².